The van der Waals surface area contributed by atoms with E-state index in [2.05, 4.69) is 15.4 Å². The molecule has 32 heavy (non-hydrogen) atoms. The van der Waals surface area contributed by atoms with Gasteiger partial charge in [0.05, 0.1) is 22.2 Å². The van der Waals surface area contributed by atoms with E-state index in [4.69, 9.17) is 11.6 Å². The number of hydrogen-bond acceptors (Lipinski definition) is 4. The molecule has 1 aliphatic rings. The second-order valence-corrected chi connectivity index (χ2v) is 10.3. The molecule has 3 rings (SSSR count). The Morgan fingerprint density at radius 3 is 2.31 bits per heavy atom. The first kappa shape index (κ1) is 24.2. The number of halogens is 1. The van der Waals surface area contributed by atoms with E-state index in [0.29, 0.717) is 30.1 Å². The highest BCUT2D eigenvalue weighted by molar-refractivity contribution is 7.89. The van der Waals surface area contributed by atoms with Crippen LogP contribution in [0.25, 0.3) is 0 Å². The van der Waals surface area contributed by atoms with Gasteiger partial charge < -0.3 is 10.6 Å². The molecule has 1 aliphatic carbocycles. The van der Waals surface area contributed by atoms with E-state index < -0.39 is 10.0 Å². The highest BCUT2D eigenvalue weighted by Gasteiger charge is 2.27. The van der Waals surface area contributed by atoms with Gasteiger partial charge in [-0.15, -0.1) is 0 Å². The third-order valence-electron chi connectivity index (χ3n) is 5.68. The maximum absolute atomic E-state index is 12.4. The van der Waals surface area contributed by atoms with Gasteiger partial charge in [-0.2, -0.15) is 0 Å². The Kier molecular flexibility index (Phi) is 8.28. The summed E-state index contributed by atoms with van der Waals surface area (Å²) in [6, 6.07) is 13.6. The van der Waals surface area contributed by atoms with Crippen molar-refractivity contribution in [1.82, 2.24) is 10.0 Å². The first-order valence-electron chi connectivity index (χ1n) is 10.6. The zero-order valence-electron chi connectivity index (χ0n) is 17.9. The van der Waals surface area contributed by atoms with Crippen LogP contribution < -0.4 is 15.4 Å². The zero-order valence-corrected chi connectivity index (χ0v) is 19.5. The second kappa shape index (κ2) is 10.9. The summed E-state index contributed by atoms with van der Waals surface area (Å²) in [4.78, 5) is 24.8. The Morgan fingerprint density at radius 2 is 1.66 bits per heavy atom. The minimum atomic E-state index is -3.54. The van der Waals surface area contributed by atoms with Gasteiger partial charge in [-0.25, -0.2) is 13.1 Å². The summed E-state index contributed by atoms with van der Waals surface area (Å²) >= 11 is 6.02. The van der Waals surface area contributed by atoms with E-state index in [1.165, 1.54) is 0 Å². The Balaban J connectivity index is 1.39. The number of aryl methyl sites for hydroxylation is 1. The third-order valence-corrected chi connectivity index (χ3v) is 7.45. The van der Waals surface area contributed by atoms with Crippen LogP contribution in [-0.4, -0.2) is 33.3 Å². The quantitative estimate of drug-likeness (QED) is 0.541. The maximum atomic E-state index is 12.4. The number of carbonyl (C=O) groups excluding carboxylic acids is 2. The Hall–Kier alpha value is -2.42. The summed E-state index contributed by atoms with van der Waals surface area (Å²) in [5, 5.41) is 5.79. The fourth-order valence-corrected chi connectivity index (χ4v) is 5.02. The number of para-hydroxylation sites is 1. The van der Waals surface area contributed by atoms with Crippen LogP contribution in [-0.2, 0) is 19.6 Å². The van der Waals surface area contributed by atoms with Crippen molar-refractivity contribution in [3.05, 3.63) is 59.1 Å². The average molecular weight is 478 g/mol. The zero-order chi connectivity index (χ0) is 23.1. The van der Waals surface area contributed by atoms with Crippen molar-refractivity contribution in [2.24, 2.45) is 11.8 Å². The lowest BCUT2D eigenvalue weighted by molar-refractivity contribution is -0.128. The van der Waals surface area contributed by atoms with E-state index in [0.717, 1.165) is 18.4 Å². The molecule has 3 N–H and O–H groups in total. The molecule has 0 heterocycles. The highest BCUT2D eigenvalue weighted by atomic mass is 35.5. The molecule has 9 heteroatoms. The van der Waals surface area contributed by atoms with Gasteiger partial charge in [0.25, 0.3) is 0 Å². The average Bonchev–Trinajstić information content (AvgIpc) is 2.78. The van der Waals surface area contributed by atoms with Gasteiger partial charge in [0.2, 0.25) is 21.8 Å². The summed E-state index contributed by atoms with van der Waals surface area (Å²) in [5.74, 6) is -0.487. The van der Waals surface area contributed by atoms with Crippen molar-refractivity contribution in [3.8, 4) is 0 Å². The monoisotopic (exact) mass is 477 g/mol. The summed E-state index contributed by atoms with van der Waals surface area (Å²) in [7, 11) is -3.54. The van der Waals surface area contributed by atoms with Crippen molar-refractivity contribution in [2.45, 2.75) is 37.5 Å². The summed E-state index contributed by atoms with van der Waals surface area (Å²) in [6.07, 6.45) is 2.82. The minimum absolute atomic E-state index is 0.125. The number of amides is 2. The predicted molar refractivity (Wildman–Crippen MR) is 125 cm³/mol. The van der Waals surface area contributed by atoms with Gasteiger partial charge in [-0.1, -0.05) is 41.4 Å². The SMILES string of the molecule is Cc1ccc(S(=O)(=O)NCC2CCC(C(=O)NCC(=O)Nc3ccccc3Cl)CC2)cc1. The van der Waals surface area contributed by atoms with Crippen molar-refractivity contribution in [1.29, 1.82) is 0 Å². The predicted octanol–water partition coefficient (Wildman–Crippen LogP) is 3.49. The van der Waals surface area contributed by atoms with E-state index in [9.17, 15) is 18.0 Å². The molecule has 0 spiro atoms. The number of carbonyl (C=O) groups is 2. The fourth-order valence-electron chi connectivity index (χ4n) is 3.73. The Labute approximate surface area is 194 Å². The summed E-state index contributed by atoms with van der Waals surface area (Å²) in [5.41, 5.74) is 1.50. The van der Waals surface area contributed by atoms with Crippen molar-refractivity contribution in [2.75, 3.05) is 18.4 Å². The van der Waals surface area contributed by atoms with E-state index >= 15 is 0 Å². The molecule has 0 atom stereocenters. The number of benzene rings is 2. The lowest BCUT2D eigenvalue weighted by Crippen LogP contribution is -2.39. The maximum Gasteiger partial charge on any atom is 0.243 e. The van der Waals surface area contributed by atoms with Crippen LogP contribution in [0.2, 0.25) is 5.02 Å². The molecule has 0 bridgehead atoms. The standard InChI is InChI=1S/C23H28ClN3O4S/c1-16-6-12-19(13-7-16)32(30,31)26-14-17-8-10-18(11-9-17)23(29)25-15-22(28)27-21-5-3-2-4-20(21)24/h2-7,12-13,17-18,26H,8-11,14-15H2,1H3,(H,25,29)(H,27,28). The van der Waals surface area contributed by atoms with Crippen molar-refractivity contribution < 1.29 is 18.0 Å². The number of hydrogen-bond donors (Lipinski definition) is 3. The van der Waals surface area contributed by atoms with Crippen molar-refractivity contribution in [3.63, 3.8) is 0 Å². The molecule has 0 unspecified atom stereocenters. The molecule has 2 aromatic carbocycles. The van der Waals surface area contributed by atoms with Gasteiger partial charge in [0.15, 0.2) is 0 Å². The van der Waals surface area contributed by atoms with Crippen molar-refractivity contribution >= 4 is 39.1 Å². The molecular formula is C23H28ClN3O4S. The van der Waals surface area contributed by atoms with Crippen LogP contribution in [0, 0.1) is 18.8 Å². The molecule has 0 saturated heterocycles. The molecule has 7 nitrogen and oxygen atoms in total. The van der Waals surface area contributed by atoms with Gasteiger partial charge >= 0.3 is 0 Å². The van der Waals surface area contributed by atoms with E-state index in [1.54, 1.807) is 48.5 Å². The molecular weight excluding hydrogens is 450 g/mol. The van der Waals surface area contributed by atoms with E-state index in [1.807, 2.05) is 6.92 Å². The first-order chi connectivity index (χ1) is 15.2. The molecule has 0 radical (unpaired) electrons. The van der Waals surface area contributed by atoms with Crippen LogP contribution in [0.1, 0.15) is 31.2 Å². The molecule has 0 aliphatic heterocycles. The molecule has 1 fully saturated rings. The summed E-state index contributed by atoms with van der Waals surface area (Å²) in [6.45, 7) is 2.13. The minimum Gasteiger partial charge on any atom is -0.347 e. The first-order valence-corrected chi connectivity index (χ1v) is 12.5. The molecule has 2 aromatic rings. The smallest absolute Gasteiger partial charge is 0.243 e. The largest absolute Gasteiger partial charge is 0.347 e. The summed E-state index contributed by atoms with van der Waals surface area (Å²) < 4.78 is 27.6. The Bertz CT molecular complexity index is 1050. The van der Waals surface area contributed by atoms with Gasteiger partial charge in [-0.3, -0.25) is 9.59 Å². The third kappa shape index (κ3) is 6.79. The second-order valence-electron chi connectivity index (χ2n) is 8.13. The molecule has 1 saturated carbocycles. The number of anilines is 1. The molecule has 2 amide bonds. The van der Waals surface area contributed by atoms with Crippen LogP contribution in [0.4, 0.5) is 5.69 Å². The van der Waals surface area contributed by atoms with Gasteiger partial charge in [0.1, 0.15) is 0 Å². The normalized spacial score (nSPS) is 18.7. The molecule has 172 valence electrons. The molecule has 0 aromatic heterocycles. The number of rotatable bonds is 8. The van der Waals surface area contributed by atoms with E-state index in [-0.39, 0.29) is 35.1 Å². The van der Waals surface area contributed by atoms with Crippen LogP contribution >= 0.6 is 11.6 Å². The fraction of sp³-hybridized carbons (Fsp3) is 0.391. The number of sulfonamides is 1. The van der Waals surface area contributed by atoms with Crippen LogP contribution in [0.3, 0.4) is 0 Å². The van der Waals surface area contributed by atoms with Crippen LogP contribution in [0.15, 0.2) is 53.4 Å². The lowest BCUT2D eigenvalue weighted by atomic mass is 9.81. The topological polar surface area (TPSA) is 104 Å². The lowest BCUT2D eigenvalue weighted by Gasteiger charge is -2.27. The van der Waals surface area contributed by atoms with Crippen LogP contribution in [0.5, 0.6) is 0 Å². The highest BCUT2D eigenvalue weighted by Crippen LogP contribution is 2.29. The van der Waals surface area contributed by atoms with Gasteiger partial charge in [0, 0.05) is 12.5 Å². The Morgan fingerprint density at radius 1 is 1.00 bits per heavy atom. The number of nitrogens with one attached hydrogen (secondary N) is 3. The van der Waals surface area contributed by atoms with Gasteiger partial charge in [-0.05, 0) is 62.8 Å².